The Balaban J connectivity index is 1.89. The zero-order valence-corrected chi connectivity index (χ0v) is 16.0. The first-order valence-corrected chi connectivity index (χ1v) is 11.2. The van der Waals surface area contributed by atoms with Crippen LogP contribution in [0.15, 0.2) is 58.3 Å². The summed E-state index contributed by atoms with van der Waals surface area (Å²) < 4.78 is 52.5. The summed E-state index contributed by atoms with van der Waals surface area (Å²) in [6, 6.07) is 12.8. The van der Waals surface area contributed by atoms with Crippen molar-refractivity contribution in [2.75, 3.05) is 13.1 Å². The van der Waals surface area contributed by atoms with Crippen molar-refractivity contribution in [3.05, 3.63) is 59.1 Å². The van der Waals surface area contributed by atoms with Crippen molar-refractivity contribution in [1.82, 2.24) is 4.31 Å². The third kappa shape index (κ3) is 3.33. The lowest BCUT2D eigenvalue weighted by molar-refractivity contribution is 0.476. The molecule has 0 unspecified atom stereocenters. The molecule has 8 heteroatoms. The molecule has 0 bridgehead atoms. The molecule has 1 fully saturated rings. The van der Waals surface area contributed by atoms with E-state index in [-0.39, 0.29) is 29.3 Å². The molecule has 1 atom stereocenters. The van der Waals surface area contributed by atoms with Gasteiger partial charge in [0.2, 0.25) is 10.0 Å². The molecule has 0 aliphatic carbocycles. The summed E-state index contributed by atoms with van der Waals surface area (Å²) in [5.41, 5.74) is 0.471. The van der Waals surface area contributed by atoms with Crippen LogP contribution in [0, 0.1) is 6.92 Å². The Bertz CT molecular complexity index is 989. The van der Waals surface area contributed by atoms with Crippen LogP contribution >= 0.6 is 11.6 Å². The van der Waals surface area contributed by atoms with Crippen LogP contribution < -0.4 is 0 Å². The van der Waals surface area contributed by atoms with E-state index in [0.29, 0.717) is 10.6 Å². The van der Waals surface area contributed by atoms with Crippen molar-refractivity contribution in [3.8, 4) is 0 Å². The Morgan fingerprint density at radius 2 is 1.68 bits per heavy atom. The van der Waals surface area contributed by atoms with Crippen LogP contribution in [0.1, 0.15) is 12.0 Å². The normalized spacial score (nSPS) is 19.2. The topological polar surface area (TPSA) is 71.5 Å². The van der Waals surface area contributed by atoms with Gasteiger partial charge in [-0.2, -0.15) is 4.31 Å². The van der Waals surface area contributed by atoms with Crippen molar-refractivity contribution in [1.29, 1.82) is 0 Å². The fourth-order valence-electron chi connectivity index (χ4n) is 2.98. The fourth-order valence-corrected chi connectivity index (χ4v) is 6.76. The number of benzene rings is 2. The smallest absolute Gasteiger partial charge is 0.223 e. The number of nitrogens with zero attached hydrogens (tertiary/aromatic N) is 1. The predicted octanol–water partition coefficient (Wildman–Crippen LogP) is 2.89. The first kappa shape index (κ1) is 18.4. The van der Waals surface area contributed by atoms with E-state index >= 15 is 0 Å². The molecule has 0 aromatic heterocycles. The van der Waals surface area contributed by atoms with Crippen molar-refractivity contribution in [3.63, 3.8) is 0 Å². The molecule has 1 saturated heterocycles. The molecular formula is C17H18ClNO4S2. The Morgan fingerprint density at radius 1 is 1.00 bits per heavy atom. The van der Waals surface area contributed by atoms with Crippen LogP contribution in [0.3, 0.4) is 0 Å². The number of hydrogen-bond acceptors (Lipinski definition) is 4. The predicted molar refractivity (Wildman–Crippen MR) is 97.0 cm³/mol. The Hall–Kier alpha value is -1.41. The standard InChI is InChI=1S/C17H18ClNO4S2/c1-13-16(18)8-5-9-17(13)25(22,23)19-11-10-15(12-19)24(20,21)14-6-3-2-4-7-14/h2-9,15H,10-12H2,1H3/t15-/m1/s1. The van der Waals surface area contributed by atoms with Crippen LogP contribution in [0.4, 0.5) is 0 Å². The van der Waals surface area contributed by atoms with E-state index in [4.69, 9.17) is 11.6 Å². The maximum atomic E-state index is 12.9. The SMILES string of the molecule is Cc1c(Cl)cccc1S(=O)(=O)N1CC[C@@H](S(=O)(=O)c2ccccc2)C1. The van der Waals surface area contributed by atoms with E-state index in [9.17, 15) is 16.8 Å². The summed E-state index contributed by atoms with van der Waals surface area (Å²) in [6.45, 7) is 1.76. The number of sulfonamides is 1. The van der Waals surface area contributed by atoms with E-state index in [2.05, 4.69) is 0 Å². The quantitative estimate of drug-likeness (QED) is 0.792. The van der Waals surface area contributed by atoms with Gasteiger partial charge < -0.3 is 0 Å². The molecule has 0 amide bonds. The van der Waals surface area contributed by atoms with Gasteiger partial charge in [0.05, 0.1) is 15.0 Å². The zero-order chi connectivity index (χ0) is 18.2. The molecule has 134 valence electrons. The summed E-state index contributed by atoms with van der Waals surface area (Å²) in [5.74, 6) is 0. The van der Waals surface area contributed by atoms with Crippen LogP contribution in [0.25, 0.3) is 0 Å². The Kier molecular flexibility index (Phi) is 4.94. The number of rotatable bonds is 4. The lowest BCUT2D eigenvalue weighted by Crippen LogP contribution is -2.32. The van der Waals surface area contributed by atoms with E-state index in [1.165, 1.54) is 22.5 Å². The average molecular weight is 400 g/mol. The lowest BCUT2D eigenvalue weighted by atomic mass is 10.2. The molecule has 5 nitrogen and oxygen atoms in total. The third-order valence-electron chi connectivity index (χ3n) is 4.45. The van der Waals surface area contributed by atoms with Crippen LogP contribution in [0.5, 0.6) is 0 Å². The number of halogens is 1. The van der Waals surface area contributed by atoms with Gasteiger partial charge in [-0.1, -0.05) is 35.9 Å². The van der Waals surface area contributed by atoms with E-state index in [1.54, 1.807) is 37.3 Å². The van der Waals surface area contributed by atoms with Gasteiger partial charge in [0, 0.05) is 18.1 Å². The molecule has 0 radical (unpaired) electrons. The van der Waals surface area contributed by atoms with Gasteiger partial charge in [0.25, 0.3) is 0 Å². The molecule has 2 aromatic rings. The highest BCUT2D eigenvalue weighted by Gasteiger charge is 2.40. The van der Waals surface area contributed by atoms with Crippen molar-refractivity contribution in [2.45, 2.75) is 28.4 Å². The molecule has 0 saturated carbocycles. The summed E-state index contributed by atoms with van der Waals surface area (Å²) >= 11 is 6.03. The van der Waals surface area contributed by atoms with Crippen LogP contribution in [-0.2, 0) is 19.9 Å². The maximum absolute atomic E-state index is 12.9. The van der Waals surface area contributed by atoms with Crippen molar-refractivity contribution in [2.24, 2.45) is 0 Å². The number of sulfone groups is 1. The van der Waals surface area contributed by atoms with Crippen molar-refractivity contribution < 1.29 is 16.8 Å². The first-order valence-electron chi connectivity index (χ1n) is 7.79. The average Bonchev–Trinajstić information content (AvgIpc) is 3.10. The van der Waals surface area contributed by atoms with Gasteiger partial charge in [-0.25, -0.2) is 16.8 Å². The minimum atomic E-state index is -3.78. The summed E-state index contributed by atoms with van der Waals surface area (Å²) in [7, 11) is -7.35. The monoisotopic (exact) mass is 399 g/mol. The van der Waals surface area contributed by atoms with Crippen LogP contribution in [-0.4, -0.2) is 39.5 Å². The molecule has 25 heavy (non-hydrogen) atoms. The third-order valence-corrected chi connectivity index (χ3v) is 9.06. The van der Waals surface area contributed by atoms with Gasteiger partial charge in [0.1, 0.15) is 0 Å². The highest BCUT2D eigenvalue weighted by atomic mass is 35.5. The van der Waals surface area contributed by atoms with E-state index in [1.807, 2.05) is 0 Å². The van der Waals surface area contributed by atoms with Crippen LogP contribution in [0.2, 0.25) is 5.02 Å². The van der Waals surface area contributed by atoms with Gasteiger partial charge >= 0.3 is 0 Å². The van der Waals surface area contributed by atoms with Gasteiger partial charge in [-0.05, 0) is 43.2 Å². The molecule has 3 rings (SSSR count). The van der Waals surface area contributed by atoms with E-state index < -0.39 is 25.1 Å². The molecule has 1 heterocycles. The maximum Gasteiger partial charge on any atom is 0.243 e. The van der Waals surface area contributed by atoms with E-state index in [0.717, 1.165) is 0 Å². The summed E-state index contributed by atoms with van der Waals surface area (Å²) in [6.07, 6.45) is 0.274. The van der Waals surface area contributed by atoms with Crippen molar-refractivity contribution >= 4 is 31.5 Å². The molecule has 0 spiro atoms. The molecule has 1 aliphatic heterocycles. The largest absolute Gasteiger partial charge is 0.243 e. The highest BCUT2D eigenvalue weighted by Crippen LogP contribution is 2.30. The fraction of sp³-hybridized carbons (Fsp3) is 0.294. The molecule has 2 aromatic carbocycles. The zero-order valence-electron chi connectivity index (χ0n) is 13.6. The van der Waals surface area contributed by atoms with Gasteiger partial charge in [-0.15, -0.1) is 0 Å². The molecule has 1 aliphatic rings. The second kappa shape index (κ2) is 6.72. The number of hydrogen-bond donors (Lipinski definition) is 0. The Labute approximate surface area is 153 Å². The summed E-state index contributed by atoms with van der Waals surface area (Å²) in [4.78, 5) is 0.343. The lowest BCUT2D eigenvalue weighted by Gasteiger charge is -2.18. The minimum absolute atomic E-state index is 0.0501. The summed E-state index contributed by atoms with van der Waals surface area (Å²) in [5, 5.41) is -0.377. The Morgan fingerprint density at radius 3 is 2.36 bits per heavy atom. The molecular weight excluding hydrogens is 382 g/mol. The minimum Gasteiger partial charge on any atom is -0.223 e. The van der Waals surface area contributed by atoms with Gasteiger partial charge in [0.15, 0.2) is 9.84 Å². The highest BCUT2D eigenvalue weighted by molar-refractivity contribution is 7.92. The molecule has 0 N–H and O–H groups in total. The first-order chi connectivity index (χ1) is 11.7. The second-order valence-corrected chi connectivity index (χ2v) is 10.5. The second-order valence-electron chi connectivity index (χ2n) is 5.99. The van der Waals surface area contributed by atoms with Gasteiger partial charge in [-0.3, -0.25) is 0 Å².